The Balaban J connectivity index is 2.00. The van der Waals surface area contributed by atoms with E-state index in [0.717, 1.165) is 24.8 Å². The number of methoxy groups -OCH3 is 1. The fraction of sp³-hybridized carbons (Fsp3) is 0.583. The first kappa shape index (κ1) is 10.6. The molecule has 0 amide bonds. The van der Waals surface area contributed by atoms with Crippen LogP contribution < -0.4 is 5.73 Å². The predicted molar refractivity (Wildman–Crippen MR) is 59.4 cm³/mol. The summed E-state index contributed by atoms with van der Waals surface area (Å²) in [6.45, 7) is 0. The fourth-order valence-corrected chi connectivity index (χ4v) is 2.18. The van der Waals surface area contributed by atoms with Gasteiger partial charge in [0, 0.05) is 25.5 Å². The molecule has 1 aromatic rings. The topological polar surface area (TPSA) is 48.1 Å². The van der Waals surface area contributed by atoms with Crippen LogP contribution in [0.5, 0.6) is 0 Å². The first-order chi connectivity index (χ1) is 7.26. The Morgan fingerprint density at radius 1 is 1.60 bits per heavy atom. The molecule has 1 aromatic heterocycles. The van der Waals surface area contributed by atoms with Gasteiger partial charge in [0.1, 0.15) is 0 Å². The number of hydrogen-bond acceptors (Lipinski definition) is 3. The molecular formula is C12H18N2O. The third-order valence-electron chi connectivity index (χ3n) is 3.40. The highest BCUT2D eigenvalue weighted by Gasteiger charge is 2.38. The summed E-state index contributed by atoms with van der Waals surface area (Å²) >= 11 is 0. The smallest absolute Gasteiger partial charge is 0.0696 e. The molecule has 2 rings (SSSR count). The molecule has 2 N–H and O–H groups in total. The van der Waals surface area contributed by atoms with Crippen molar-refractivity contribution in [3.63, 3.8) is 0 Å². The molecule has 82 valence electrons. The summed E-state index contributed by atoms with van der Waals surface area (Å²) in [5.41, 5.74) is 7.28. The minimum atomic E-state index is 0.0370. The fourth-order valence-electron chi connectivity index (χ4n) is 2.18. The van der Waals surface area contributed by atoms with Gasteiger partial charge in [-0.2, -0.15) is 0 Å². The molecule has 1 unspecified atom stereocenters. The average molecular weight is 206 g/mol. The molecule has 0 bridgehead atoms. The largest absolute Gasteiger partial charge is 0.378 e. The van der Waals surface area contributed by atoms with E-state index in [2.05, 4.69) is 4.98 Å². The van der Waals surface area contributed by atoms with Gasteiger partial charge in [0.2, 0.25) is 0 Å². The van der Waals surface area contributed by atoms with Gasteiger partial charge in [-0.3, -0.25) is 4.98 Å². The van der Waals surface area contributed by atoms with E-state index in [1.165, 1.54) is 6.42 Å². The second-order valence-electron chi connectivity index (χ2n) is 4.34. The van der Waals surface area contributed by atoms with Gasteiger partial charge in [-0.25, -0.2) is 0 Å². The van der Waals surface area contributed by atoms with Crippen LogP contribution in [0.4, 0.5) is 0 Å². The molecular weight excluding hydrogens is 188 g/mol. The molecule has 0 spiro atoms. The van der Waals surface area contributed by atoms with Gasteiger partial charge in [0.05, 0.1) is 5.60 Å². The molecule has 0 saturated heterocycles. The summed E-state index contributed by atoms with van der Waals surface area (Å²) in [5, 5.41) is 0. The van der Waals surface area contributed by atoms with Crippen LogP contribution in [0.3, 0.4) is 0 Å². The van der Waals surface area contributed by atoms with E-state index in [0.29, 0.717) is 0 Å². The van der Waals surface area contributed by atoms with Crippen molar-refractivity contribution in [2.24, 2.45) is 5.73 Å². The third-order valence-corrected chi connectivity index (χ3v) is 3.40. The van der Waals surface area contributed by atoms with E-state index in [1.807, 2.05) is 18.3 Å². The van der Waals surface area contributed by atoms with Crippen LogP contribution in [-0.2, 0) is 4.74 Å². The average Bonchev–Trinajstić information content (AvgIpc) is 2.24. The molecule has 0 aliphatic heterocycles. The van der Waals surface area contributed by atoms with Gasteiger partial charge in [0.25, 0.3) is 0 Å². The number of ether oxygens (including phenoxy) is 1. The SMILES string of the molecule is COC1(CC(N)c2cccnc2)CCC1. The molecule has 3 heteroatoms. The molecule has 1 aliphatic carbocycles. The summed E-state index contributed by atoms with van der Waals surface area (Å²) in [4.78, 5) is 4.08. The van der Waals surface area contributed by atoms with Crippen LogP contribution in [0, 0.1) is 0 Å². The minimum Gasteiger partial charge on any atom is -0.378 e. The van der Waals surface area contributed by atoms with E-state index in [4.69, 9.17) is 10.5 Å². The number of rotatable bonds is 4. The second-order valence-corrected chi connectivity index (χ2v) is 4.34. The van der Waals surface area contributed by atoms with Gasteiger partial charge in [-0.15, -0.1) is 0 Å². The van der Waals surface area contributed by atoms with Crippen molar-refractivity contribution >= 4 is 0 Å². The quantitative estimate of drug-likeness (QED) is 0.820. The van der Waals surface area contributed by atoms with Crippen LogP contribution in [0.15, 0.2) is 24.5 Å². The molecule has 1 saturated carbocycles. The number of nitrogens with zero attached hydrogens (tertiary/aromatic N) is 1. The number of pyridine rings is 1. The van der Waals surface area contributed by atoms with Crippen LogP contribution in [0.25, 0.3) is 0 Å². The molecule has 1 heterocycles. The number of aromatic nitrogens is 1. The molecule has 3 nitrogen and oxygen atoms in total. The second kappa shape index (κ2) is 4.29. The molecule has 1 aliphatic rings. The van der Waals surface area contributed by atoms with Crippen molar-refractivity contribution in [2.45, 2.75) is 37.3 Å². The zero-order valence-corrected chi connectivity index (χ0v) is 9.15. The lowest BCUT2D eigenvalue weighted by molar-refractivity contribution is -0.0817. The van der Waals surface area contributed by atoms with Gasteiger partial charge in [0.15, 0.2) is 0 Å². The lowest BCUT2D eigenvalue weighted by Gasteiger charge is -2.42. The zero-order valence-electron chi connectivity index (χ0n) is 9.15. The molecule has 0 aromatic carbocycles. The maximum Gasteiger partial charge on any atom is 0.0696 e. The van der Waals surface area contributed by atoms with Crippen LogP contribution in [0.2, 0.25) is 0 Å². The molecule has 1 atom stereocenters. The van der Waals surface area contributed by atoms with E-state index in [9.17, 15) is 0 Å². The first-order valence-electron chi connectivity index (χ1n) is 5.46. The summed E-state index contributed by atoms with van der Waals surface area (Å²) in [5.74, 6) is 0. The maximum absolute atomic E-state index is 6.15. The lowest BCUT2D eigenvalue weighted by Crippen LogP contribution is -2.41. The summed E-state index contributed by atoms with van der Waals surface area (Å²) < 4.78 is 5.57. The Morgan fingerprint density at radius 3 is 2.87 bits per heavy atom. The molecule has 1 fully saturated rings. The van der Waals surface area contributed by atoms with E-state index < -0.39 is 0 Å². The standard InChI is InChI=1S/C12H18N2O/c1-15-12(5-3-6-12)8-11(13)10-4-2-7-14-9-10/h2,4,7,9,11H,3,5-6,8,13H2,1H3. The van der Waals surface area contributed by atoms with Crippen molar-refractivity contribution in [3.05, 3.63) is 30.1 Å². The summed E-state index contributed by atoms with van der Waals surface area (Å²) in [6.07, 6.45) is 8.04. The van der Waals surface area contributed by atoms with Gasteiger partial charge in [-0.05, 0) is 37.3 Å². The van der Waals surface area contributed by atoms with Gasteiger partial charge >= 0.3 is 0 Å². The van der Waals surface area contributed by atoms with Crippen molar-refractivity contribution in [1.82, 2.24) is 4.98 Å². The van der Waals surface area contributed by atoms with Gasteiger partial charge in [-0.1, -0.05) is 6.07 Å². The van der Waals surface area contributed by atoms with Crippen molar-refractivity contribution in [1.29, 1.82) is 0 Å². The normalized spacial score (nSPS) is 20.7. The summed E-state index contributed by atoms with van der Waals surface area (Å²) in [7, 11) is 1.79. The van der Waals surface area contributed by atoms with Gasteiger partial charge < -0.3 is 10.5 Å². The zero-order chi connectivity index (χ0) is 10.7. The van der Waals surface area contributed by atoms with E-state index >= 15 is 0 Å². The van der Waals surface area contributed by atoms with Crippen LogP contribution in [-0.4, -0.2) is 17.7 Å². The Kier molecular flexibility index (Phi) is 3.03. The monoisotopic (exact) mass is 206 g/mol. The highest BCUT2D eigenvalue weighted by atomic mass is 16.5. The van der Waals surface area contributed by atoms with Crippen LogP contribution in [0.1, 0.15) is 37.3 Å². The molecule has 15 heavy (non-hydrogen) atoms. The highest BCUT2D eigenvalue weighted by molar-refractivity contribution is 5.14. The first-order valence-corrected chi connectivity index (χ1v) is 5.46. The molecule has 0 radical (unpaired) electrons. The number of hydrogen-bond donors (Lipinski definition) is 1. The van der Waals surface area contributed by atoms with E-state index in [1.54, 1.807) is 13.3 Å². The number of nitrogens with two attached hydrogens (primary N) is 1. The predicted octanol–water partition coefficient (Wildman–Crippen LogP) is 2.04. The third kappa shape index (κ3) is 2.19. The van der Waals surface area contributed by atoms with Crippen molar-refractivity contribution < 1.29 is 4.74 Å². The lowest BCUT2D eigenvalue weighted by atomic mass is 9.75. The van der Waals surface area contributed by atoms with E-state index in [-0.39, 0.29) is 11.6 Å². The Morgan fingerprint density at radius 2 is 2.40 bits per heavy atom. The van der Waals surface area contributed by atoms with Crippen molar-refractivity contribution in [2.75, 3.05) is 7.11 Å². The van der Waals surface area contributed by atoms with Crippen LogP contribution >= 0.6 is 0 Å². The maximum atomic E-state index is 6.15. The Hall–Kier alpha value is -0.930. The summed E-state index contributed by atoms with van der Waals surface area (Å²) in [6, 6.07) is 3.99. The van der Waals surface area contributed by atoms with Crippen molar-refractivity contribution in [3.8, 4) is 0 Å². The minimum absolute atomic E-state index is 0.0370. The Bertz CT molecular complexity index is 303. The Labute approximate surface area is 90.7 Å². The highest BCUT2D eigenvalue weighted by Crippen LogP contribution is 2.41.